The maximum absolute atomic E-state index is 12.1. The summed E-state index contributed by atoms with van der Waals surface area (Å²) in [5.74, 6) is 0.184. The minimum absolute atomic E-state index is 0.0732. The van der Waals surface area contributed by atoms with E-state index < -0.39 is 0 Å². The number of rotatable bonds is 5. The molecule has 17 heavy (non-hydrogen) atoms. The Balaban J connectivity index is 1.80. The Kier molecular flexibility index (Phi) is 4.76. The smallest absolute Gasteiger partial charge is 0.237 e. The molecule has 5 heteroatoms. The van der Waals surface area contributed by atoms with Gasteiger partial charge in [-0.05, 0) is 32.4 Å². The van der Waals surface area contributed by atoms with Crippen molar-refractivity contribution < 1.29 is 9.90 Å². The molecule has 1 saturated heterocycles. The van der Waals surface area contributed by atoms with E-state index in [1.807, 2.05) is 4.90 Å². The lowest BCUT2D eigenvalue weighted by Crippen LogP contribution is -2.43. The predicted molar refractivity (Wildman–Crippen MR) is 65.7 cm³/mol. The zero-order valence-electron chi connectivity index (χ0n) is 10.4. The second-order valence-electron chi connectivity index (χ2n) is 4.92. The van der Waals surface area contributed by atoms with Crippen LogP contribution in [-0.4, -0.2) is 72.7 Å². The molecule has 0 aromatic heterocycles. The van der Waals surface area contributed by atoms with Gasteiger partial charge in [0, 0.05) is 25.7 Å². The number of aliphatic hydroxyl groups excluding tert-OH is 1. The van der Waals surface area contributed by atoms with Gasteiger partial charge in [0.15, 0.2) is 0 Å². The Bertz CT molecular complexity index is 248. The highest BCUT2D eigenvalue weighted by Gasteiger charge is 2.32. The zero-order valence-corrected chi connectivity index (χ0v) is 10.4. The molecule has 98 valence electrons. The van der Waals surface area contributed by atoms with Crippen LogP contribution in [0.1, 0.15) is 19.3 Å². The largest absolute Gasteiger partial charge is 0.395 e. The first-order valence-electron chi connectivity index (χ1n) is 6.64. The van der Waals surface area contributed by atoms with Gasteiger partial charge in [-0.15, -0.1) is 0 Å². The van der Waals surface area contributed by atoms with E-state index in [9.17, 15) is 4.79 Å². The lowest BCUT2D eigenvalue weighted by Gasteiger charge is -2.26. The molecule has 5 nitrogen and oxygen atoms in total. The number of aliphatic hydroxyl groups is 1. The topological polar surface area (TPSA) is 55.8 Å². The summed E-state index contributed by atoms with van der Waals surface area (Å²) in [5.41, 5.74) is 0. The van der Waals surface area contributed by atoms with Crippen LogP contribution in [0.3, 0.4) is 0 Å². The van der Waals surface area contributed by atoms with Crippen LogP contribution in [-0.2, 0) is 4.79 Å². The van der Waals surface area contributed by atoms with Crippen LogP contribution in [0.2, 0.25) is 0 Å². The molecule has 0 aromatic carbocycles. The molecule has 1 heterocycles. The highest BCUT2D eigenvalue weighted by atomic mass is 16.3. The van der Waals surface area contributed by atoms with E-state index in [-0.39, 0.29) is 12.5 Å². The Morgan fingerprint density at radius 2 is 2.18 bits per heavy atom. The number of carbonyl (C=O) groups excluding carboxylic acids is 1. The number of amides is 1. The molecule has 0 aromatic rings. The first kappa shape index (κ1) is 12.8. The monoisotopic (exact) mass is 241 g/mol. The minimum atomic E-state index is 0.0732. The number of hydrogen-bond donors (Lipinski definition) is 2. The van der Waals surface area contributed by atoms with Crippen molar-refractivity contribution >= 4 is 5.91 Å². The molecule has 2 rings (SSSR count). The van der Waals surface area contributed by atoms with E-state index >= 15 is 0 Å². The molecule has 2 N–H and O–H groups in total. The molecule has 0 radical (unpaired) electrons. The van der Waals surface area contributed by atoms with Gasteiger partial charge in [-0.1, -0.05) is 0 Å². The van der Waals surface area contributed by atoms with Gasteiger partial charge in [0.25, 0.3) is 0 Å². The van der Waals surface area contributed by atoms with E-state index in [0.717, 1.165) is 45.4 Å². The second kappa shape index (κ2) is 6.33. The molecule has 0 spiro atoms. The van der Waals surface area contributed by atoms with E-state index in [1.54, 1.807) is 0 Å². The summed E-state index contributed by atoms with van der Waals surface area (Å²) < 4.78 is 0. The SMILES string of the molecule is O=C(CN1CCCNCC1)N(CCO)C1CC1. The van der Waals surface area contributed by atoms with Crippen LogP contribution in [0.4, 0.5) is 0 Å². The van der Waals surface area contributed by atoms with Crippen LogP contribution in [0, 0.1) is 0 Å². The molecule has 0 unspecified atom stereocenters. The van der Waals surface area contributed by atoms with Crippen LogP contribution < -0.4 is 5.32 Å². The summed E-state index contributed by atoms with van der Waals surface area (Å²) in [6, 6.07) is 0.403. The van der Waals surface area contributed by atoms with Gasteiger partial charge in [-0.25, -0.2) is 0 Å². The average molecular weight is 241 g/mol. The third-order valence-corrected chi connectivity index (χ3v) is 3.44. The van der Waals surface area contributed by atoms with Gasteiger partial charge < -0.3 is 15.3 Å². The molecule has 0 atom stereocenters. The molecule has 1 aliphatic heterocycles. The quantitative estimate of drug-likeness (QED) is 0.666. The summed E-state index contributed by atoms with van der Waals surface area (Å²) in [6.07, 6.45) is 3.32. The number of hydrogen-bond acceptors (Lipinski definition) is 4. The average Bonchev–Trinajstić information content (AvgIpc) is 3.13. The van der Waals surface area contributed by atoms with E-state index in [0.29, 0.717) is 19.1 Å². The van der Waals surface area contributed by atoms with E-state index in [4.69, 9.17) is 5.11 Å². The van der Waals surface area contributed by atoms with Gasteiger partial charge in [-0.3, -0.25) is 9.69 Å². The predicted octanol–water partition coefficient (Wildman–Crippen LogP) is -0.735. The van der Waals surface area contributed by atoms with Crippen molar-refractivity contribution in [1.82, 2.24) is 15.1 Å². The van der Waals surface area contributed by atoms with Crippen molar-refractivity contribution in [2.75, 3.05) is 45.9 Å². The Morgan fingerprint density at radius 1 is 1.35 bits per heavy atom. The van der Waals surface area contributed by atoms with Gasteiger partial charge in [0.2, 0.25) is 5.91 Å². The summed E-state index contributed by atoms with van der Waals surface area (Å²) >= 11 is 0. The fourth-order valence-electron chi connectivity index (χ4n) is 2.35. The minimum Gasteiger partial charge on any atom is -0.395 e. The molecule has 1 amide bonds. The van der Waals surface area contributed by atoms with Crippen LogP contribution in [0.15, 0.2) is 0 Å². The summed E-state index contributed by atoms with van der Waals surface area (Å²) in [7, 11) is 0. The summed E-state index contributed by atoms with van der Waals surface area (Å²) in [6.45, 7) is 5.04. The standard InChI is InChI=1S/C12H23N3O2/c16-9-8-15(11-2-3-11)12(17)10-14-6-1-4-13-5-7-14/h11,13,16H,1-10H2. The van der Waals surface area contributed by atoms with Crippen molar-refractivity contribution in [3.05, 3.63) is 0 Å². The lowest BCUT2D eigenvalue weighted by molar-refractivity contribution is -0.133. The first-order valence-corrected chi connectivity index (χ1v) is 6.64. The molecule has 1 aliphatic carbocycles. The normalized spacial score (nSPS) is 22.2. The van der Waals surface area contributed by atoms with Crippen molar-refractivity contribution in [2.24, 2.45) is 0 Å². The fraction of sp³-hybridized carbons (Fsp3) is 0.917. The molecule has 0 bridgehead atoms. The Morgan fingerprint density at radius 3 is 2.88 bits per heavy atom. The van der Waals surface area contributed by atoms with Crippen LogP contribution >= 0.6 is 0 Å². The highest BCUT2D eigenvalue weighted by Crippen LogP contribution is 2.26. The van der Waals surface area contributed by atoms with Crippen molar-refractivity contribution in [3.8, 4) is 0 Å². The van der Waals surface area contributed by atoms with Crippen LogP contribution in [0.5, 0.6) is 0 Å². The Hall–Kier alpha value is -0.650. The van der Waals surface area contributed by atoms with E-state index in [2.05, 4.69) is 10.2 Å². The molecule has 2 fully saturated rings. The second-order valence-corrected chi connectivity index (χ2v) is 4.92. The highest BCUT2D eigenvalue weighted by molar-refractivity contribution is 5.79. The maximum Gasteiger partial charge on any atom is 0.237 e. The van der Waals surface area contributed by atoms with Gasteiger partial charge in [-0.2, -0.15) is 0 Å². The number of nitrogens with one attached hydrogen (secondary N) is 1. The van der Waals surface area contributed by atoms with Gasteiger partial charge in [0.05, 0.1) is 13.2 Å². The van der Waals surface area contributed by atoms with Crippen molar-refractivity contribution in [2.45, 2.75) is 25.3 Å². The van der Waals surface area contributed by atoms with Crippen LogP contribution in [0.25, 0.3) is 0 Å². The number of nitrogens with zero attached hydrogens (tertiary/aromatic N) is 2. The maximum atomic E-state index is 12.1. The zero-order chi connectivity index (χ0) is 12.1. The molecule has 2 aliphatic rings. The third kappa shape index (κ3) is 3.94. The van der Waals surface area contributed by atoms with Crippen molar-refractivity contribution in [3.63, 3.8) is 0 Å². The first-order chi connectivity index (χ1) is 8.31. The Labute approximate surface area is 103 Å². The molecular weight excluding hydrogens is 218 g/mol. The fourth-order valence-corrected chi connectivity index (χ4v) is 2.35. The lowest BCUT2D eigenvalue weighted by atomic mass is 10.3. The van der Waals surface area contributed by atoms with E-state index in [1.165, 1.54) is 0 Å². The van der Waals surface area contributed by atoms with Gasteiger partial charge >= 0.3 is 0 Å². The van der Waals surface area contributed by atoms with Gasteiger partial charge in [0.1, 0.15) is 0 Å². The summed E-state index contributed by atoms with van der Waals surface area (Å²) in [4.78, 5) is 16.2. The summed E-state index contributed by atoms with van der Waals surface area (Å²) in [5, 5.41) is 12.3. The third-order valence-electron chi connectivity index (χ3n) is 3.44. The molecule has 1 saturated carbocycles. The van der Waals surface area contributed by atoms with Crippen molar-refractivity contribution in [1.29, 1.82) is 0 Å². The number of carbonyl (C=O) groups is 1. The molecular formula is C12H23N3O2.